The Labute approximate surface area is 182 Å². The van der Waals surface area contributed by atoms with E-state index >= 15 is 4.39 Å². The van der Waals surface area contributed by atoms with Crippen LogP contribution in [0.1, 0.15) is 37.8 Å². The van der Waals surface area contributed by atoms with Crippen LogP contribution in [0.5, 0.6) is 0 Å². The first-order valence-corrected chi connectivity index (χ1v) is 10.6. The molecule has 7 nitrogen and oxygen atoms in total. The van der Waals surface area contributed by atoms with Gasteiger partial charge in [0.2, 0.25) is 5.88 Å². The van der Waals surface area contributed by atoms with Crippen molar-refractivity contribution in [1.29, 1.82) is 5.26 Å². The highest BCUT2D eigenvalue weighted by Gasteiger charge is 2.36. The van der Waals surface area contributed by atoms with E-state index in [1.807, 2.05) is 6.07 Å². The normalized spacial score (nSPS) is 20.4. The number of carbonyl (C=O) groups is 1. The smallest absolute Gasteiger partial charge is 0.338 e. The molecule has 2 aliphatic heterocycles. The van der Waals surface area contributed by atoms with Crippen LogP contribution in [0.15, 0.2) is 41.0 Å². The number of rotatable bonds is 6. The summed E-state index contributed by atoms with van der Waals surface area (Å²) >= 11 is 0. The Hall–Kier alpha value is -2.89. The summed E-state index contributed by atoms with van der Waals surface area (Å²) in [4.78, 5) is 17.2. The Morgan fingerprint density at radius 1 is 1.29 bits per heavy atom. The van der Waals surface area contributed by atoms with Crippen molar-refractivity contribution in [2.75, 3.05) is 39.3 Å². The standard InChI is InChI=1S/C23H29FN4O3/c1-4-27-8-10-28(11-9-27)14-17-7-6-16(12-19(17)24)21-18(13-25)22(26)31-15(3)20(21)23(29)30-5-2/h6-7,12,21H,4-5,8-11,14,26H2,1-3H3. The average molecular weight is 429 g/mol. The van der Waals surface area contributed by atoms with Gasteiger partial charge in [-0.2, -0.15) is 5.26 Å². The summed E-state index contributed by atoms with van der Waals surface area (Å²) in [6, 6.07) is 6.85. The summed E-state index contributed by atoms with van der Waals surface area (Å²) in [7, 11) is 0. The van der Waals surface area contributed by atoms with Crippen molar-refractivity contribution in [1.82, 2.24) is 9.80 Å². The number of benzene rings is 1. The molecule has 0 spiro atoms. The molecule has 2 N–H and O–H groups in total. The topological polar surface area (TPSA) is 91.8 Å². The third-order valence-electron chi connectivity index (χ3n) is 5.82. The second kappa shape index (κ2) is 9.94. The fourth-order valence-electron chi connectivity index (χ4n) is 4.06. The van der Waals surface area contributed by atoms with E-state index < -0.39 is 11.9 Å². The van der Waals surface area contributed by atoms with Gasteiger partial charge in [0.1, 0.15) is 23.2 Å². The predicted molar refractivity (Wildman–Crippen MR) is 114 cm³/mol. The molecule has 1 saturated heterocycles. The van der Waals surface area contributed by atoms with Crippen LogP contribution >= 0.6 is 0 Å². The van der Waals surface area contributed by atoms with Crippen LogP contribution in [0.2, 0.25) is 0 Å². The molecule has 0 amide bonds. The minimum absolute atomic E-state index is 0.0662. The molecule has 0 bridgehead atoms. The quantitative estimate of drug-likeness (QED) is 0.697. The number of halogens is 1. The Balaban J connectivity index is 1.89. The van der Waals surface area contributed by atoms with E-state index in [2.05, 4.69) is 16.7 Å². The Morgan fingerprint density at radius 2 is 1.97 bits per heavy atom. The maximum Gasteiger partial charge on any atom is 0.338 e. The highest BCUT2D eigenvalue weighted by molar-refractivity contribution is 5.92. The van der Waals surface area contributed by atoms with Gasteiger partial charge in [0.15, 0.2) is 0 Å². The number of ether oxygens (including phenoxy) is 2. The number of nitriles is 1. The molecule has 0 aromatic heterocycles. The zero-order valence-electron chi connectivity index (χ0n) is 18.3. The molecule has 0 aliphatic carbocycles. The van der Waals surface area contributed by atoms with E-state index in [9.17, 15) is 10.1 Å². The van der Waals surface area contributed by atoms with Crippen LogP contribution in [-0.4, -0.2) is 55.1 Å². The number of likely N-dealkylation sites (N-methyl/N-ethyl adjacent to an activating group) is 1. The molecule has 1 aromatic rings. The van der Waals surface area contributed by atoms with Gasteiger partial charge in [-0.15, -0.1) is 0 Å². The van der Waals surface area contributed by atoms with Crippen LogP contribution in [0.25, 0.3) is 0 Å². The van der Waals surface area contributed by atoms with Crippen LogP contribution in [0.3, 0.4) is 0 Å². The number of hydrogen-bond donors (Lipinski definition) is 1. The molecule has 31 heavy (non-hydrogen) atoms. The molecule has 0 saturated carbocycles. The molecular weight excluding hydrogens is 399 g/mol. The average Bonchev–Trinajstić information content (AvgIpc) is 2.75. The fraction of sp³-hybridized carbons (Fsp3) is 0.478. The van der Waals surface area contributed by atoms with E-state index in [0.717, 1.165) is 32.7 Å². The van der Waals surface area contributed by atoms with Crippen molar-refractivity contribution in [3.63, 3.8) is 0 Å². The number of piperazine rings is 1. The lowest BCUT2D eigenvalue weighted by molar-refractivity contribution is -0.139. The second-order valence-corrected chi connectivity index (χ2v) is 7.68. The SMILES string of the molecule is CCOC(=O)C1=C(C)OC(N)=C(C#N)C1c1ccc(CN2CCN(CC)CC2)c(F)c1. The monoisotopic (exact) mass is 428 g/mol. The Morgan fingerprint density at radius 3 is 2.55 bits per heavy atom. The van der Waals surface area contributed by atoms with E-state index in [-0.39, 0.29) is 35.2 Å². The summed E-state index contributed by atoms with van der Waals surface area (Å²) in [5.74, 6) is -1.66. The van der Waals surface area contributed by atoms with Crippen LogP contribution in [0.4, 0.5) is 4.39 Å². The van der Waals surface area contributed by atoms with Crippen molar-refractivity contribution in [3.05, 3.63) is 57.9 Å². The fourth-order valence-corrected chi connectivity index (χ4v) is 4.06. The lowest BCUT2D eigenvalue weighted by Crippen LogP contribution is -2.45. The lowest BCUT2D eigenvalue weighted by atomic mass is 9.82. The molecule has 3 rings (SSSR count). The molecule has 2 aliphatic rings. The van der Waals surface area contributed by atoms with Crippen molar-refractivity contribution in [3.8, 4) is 6.07 Å². The summed E-state index contributed by atoms with van der Waals surface area (Å²) in [6.45, 7) is 10.8. The minimum Gasteiger partial charge on any atom is -0.463 e. The van der Waals surface area contributed by atoms with E-state index in [1.54, 1.807) is 26.0 Å². The molecular formula is C23H29FN4O3. The lowest BCUT2D eigenvalue weighted by Gasteiger charge is -2.34. The maximum atomic E-state index is 15.1. The third kappa shape index (κ3) is 4.89. The van der Waals surface area contributed by atoms with Crippen molar-refractivity contribution in [2.24, 2.45) is 5.73 Å². The zero-order chi connectivity index (χ0) is 22.5. The van der Waals surface area contributed by atoms with Crippen molar-refractivity contribution >= 4 is 5.97 Å². The molecule has 2 heterocycles. The first-order valence-electron chi connectivity index (χ1n) is 10.6. The summed E-state index contributed by atoms with van der Waals surface area (Å²) in [5, 5.41) is 9.64. The van der Waals surface area contributed by atoms with Crippen molar-refractivity contribution < 1.29 is 18.7 Å². The second-order valence-electron chi connectivity index (χ2n) is 7.68. The summed E-state index contributed by atoms with van der Waals surface area (Å²) in [5.41, 5.74) is 7.17. The molecule has 1 unspecified atom stereocenters. The first-order chi connectivity index (χ1) is 14.9. The van der Waals surface area contributed by atoms with Gasteiger partial charge < -0.3 is 20.1 Å². The molecule has 1 atom stereocenters. The van der Waals surface area contributed by atoms with Gasteiger partial charge in [0, 0.05) is 38.3 Å². The van der Waals surface area contributed by atoms with Gasteiger partial charge in [-0.1, -0.05) is 19.1 Å². The van der Waals surface area contributed by atoms with Crippen molar-refractivity contribution in [2.45, 2.75) is 33.2 Å². The van der Waals surface area contributed by atoms with E-state index in [0.29, 0.717) is 17.7 Å². The maximum absolute atomic E-state index is 15.1. The summed E-state index contributed by atoms with van der Waals surface area (Å²) < 4.78 is 25.6. The molecule has 166 valence electrons. The summed E-state index contributed by atoms with van der Waals surface area (Å²) in [6.07, 6.45) is 0. The molecule has 8 heteroatoms. The van der Waals surface area contributed by atoms with Crippen LogP contribution in [0, 0.1) is 17.1 Å². The van der Waals surface area contributed by atoms with Gasteiger partial charge in [-0.05, 0) is 32.0 Å². The minimum atomic E-state index is -0.838. The Kier molecular flexibility index (Phi) is 7.31. The largest absolute Gasteiger partial charge is 0.463 e. The molecule has 1 fully saturated rings. The number of hydrogen-bond acceptors (Lipinski definition) is 7. The molecule has 0 radical (unpaired) electrons. The number of esters is 1. The zero-order valence-corrected chi connectivity index (χ0v) is 18.3. The van der Waals surface area contributed by atoms with Crippen LogP contribution in [-0.2, 0) is 20.8 Å². The highest BCUT2D eigenvalue weighted by Crippen LogP contribution is 2.40. The van der Waals surface area contributed by atoms with Gasteiger partial charge in [0.05, 0.1) is 18.1 Å². The van der Waals surface area contributed by atoms with Gasteiger partial charge in [-0.25, -0.2) is 9.18 Å². The molecule has 1 aromatic carbocycles. The van der Waals surface area contributed by atoms with Crippen LogP contribution < -0.4 is 5.73 Å². The first kappa shape index (κ1) is 22.8. The third-order valence-corrected chi connectivity index (χ3v) is 5.82. The Bertz CT molecular complexity index is 943. The van der Waals surface area contributed by atoms with Gasteiger partial charge in [-0.3, -0.25) is 4.90 Å². The van der Waals surface area contributed by atoms with E-state index in [4.69, 9.17) is 15.2 Å². The number of nitrogens with two attached hydrogens (primary N) is 1. The predicted octanol–water partition coefficient (Wildman–Crippen LogP) is 2.61. The number of allylic oxidation sites excluding steroid dienone is 2. The number of nitrogens with zero attached hydrogens (tertiary/aromatic N) is 3. The van der Waals surface area contributed by atoms with Gasteiger partial charge in [0.25, 0.3) is 0 Å². The number of carbonyl (C=O) groups excluding carboxylic acids is 1. The van der Waals surface area contributed by atoms with E-state index in [1.165, 1.54) is 6.07 Å². The highest BCUT2D eigenvalue weighted by atomic mass is 19.1. The van der Waals surface area contributed by atoms with Gasteiger partial charge >= 0.3 is 5.97 Å².